The number of pyridine rings is 1. The number of rotatable bonds is 7. The average molecular weight is 437 g/mol. The van der Waals surface area contributed by atoms with Gasteiger partial charge in [-0.05, 0) is 54.1 Å². The Morgan fingerprint density at radius 2 is 1.84 bits per heavy atom. The van der Waals surface area contributed by atoms with Crippen LogP contribution in [0.1, 0.15) is 11.3 Å². The SMILES string of the molecule is CN=C(NCCc1ccco1)NCc1ccnc(N2CCN(c3ccc(F)cc3)CC2)c1. The molecule has 0 spiro atoms. The van der Waals surface area contributed by atoms with Crippen molar-refractivity contribution < 1.29 is 8.81 Å². The maximum Gasteiger partial charge on any atom is 0.191 e. The van der Waals surface area contributed by atoms with Crippen molar-refractivity contribution in [2.75, 3.05) is 49.6 Å². The van der Waals surface area contributed by atoms with Gasteiger partial charge in [0.2, 0.25) is 0 Å². The normalized spacial score (nSPS) is 14.5. The Hall–Kier alpha value is -3.55. The lowest BCUT2D eigenvalue weighted by molar-refractivity contribution is 0.507. The van der Waals surface area contributed by atoms with Crippen LogP contribution >= 0.6 is 0 Å². The third kappa shape index (κ3) is 5.78. The first-order valence-corrected chi connectivity index (χ1v) is 10.9. The first-order chi connectivity index (χ1) is 15.7. The van der Waals surface area contributed by atoms with Gasteiger partial charge in [0.05, 0.1) is 6.26 Å². The van der Waals surface area contributed by atoms with Crippen molar-refractivity contribution in [2.45, 2.75) is 13.0 Å². The summed E-state index contributed by atoms with van der Waals surface area (Å²) in [6, 6.07) is 14.7. The standard InChI is InChI=1S/C24H29FN6O/c1-26-24(28-11-9-22-3-2-16-32-22)29-18-19-8-10-27-23(17-19)31-14-12-30(13-15-31)21-6-4-20(25)5-7-21/h2-8,10,16-17H,9,11-15,18H2,1H3,(H2,26,28,29). The zero-order valence-electron chi connectivity index (χ0n) is 18.3. The highest BCUT2D eigenvalue weighted by atomic mass is 19.1. The van der Waals surface area contributed by atoms with Crippen LogP contribution in [0.15, 0.2) is 70.4 Å². The molecule has 7 nitrogen and oxygen atoms in total. The fourth-order valence-electron chi connectivity index (χ4n) is 3.75. The summed E-state index contributed by atoms with van der Waals surface area (Å²) in [5, 5.41) is 6.66. The Morgan fingerprint density at radius 1 is 1.06 bits per heavy atom. The van der Waals surface area contributed by atoms with Gasteiger partial charge in [-0.25, -0.2) is 9.37 Å². The zero-order chi connectivity index (χ0) is 22.2. The molecule has 8 heteroatoms. The zero-order valence-corrected chi connectivity index (χ0v) is 18.3. The molecule has 4 rings (SSSR count). The van der Waals surface area contributed by atoms with Gasteiger partial charge in [0.1, 0.15) is 17.4 Å². The molecular formula is C24H29FN6O. The first-order valence-electron chi connectivity index (χ1n) is 10.9. The van der Waals surface area contributed by atoms with Gasteiger partial charge in [-0.3, -0.25) is 4.99 Å². The minimum Gasteiger partial charge on any atom is -0.469 e. The van der Waals surface area contributed by atoms with Crippen LogP contribution in [0.5, 0.6) is 0 Å². The number of piperazine rings is 1. The second-order valence-corrected chi connectivity index (χ2v) is 7.65. The van der Waals surface area contributed by atoms with Crippen LogP contribution < -0.4 is 20.4 Å². The molecule has 0 bridgehead atoms. The maximum atomic E-state index is 13.2. The third-order valence-electron chi connectivity index (χ3n) is 5.53. The van der Waals surface area contributed by atoms with Crippen molar-refractivity contribution in [3.05, 3.63) is 78.1 Å². The third-order valence-corrected chi connectivity index (χ3v) is 5.53. The highest BCUT2D eigenvalue weighted by Gasteiger charge is 2.18. The molecule has 1 aromatic carbocycles. The predicted molar refractivity (Wildman–Crippen MR) is 126 cm³/mol. The molecule has 1 fully saturated rings. The van der Waals surface area contributed by atoms with Crippen LogP contribution in [0.3, 0.4) is 0 Å². The van der Waals surface area contributed by atoms with Crippen LogP contribution in [0.25, 0.3) is 0 Å². The maximum absolute atomic E-state index is 13.2. The quantitative estimate of drug-likeness (QED) is 0.438. The molecule has 0 saturated carbocycles. The number of benzene rings is 1. The van der Waals surface area contributed by atoms with Gasteiger partial charge in [0.15, 0.2) is 5.96 Å². The van der Waals surface area contributed by atoms with Crippen molar-refractivity contribution in [3.63, 3.8) is 0 Å². The summed E-state index contributed by atoms with van der Waals surface area (Å²) in [5.74, 6) is 2.48. The molecule has 168 valence electrons. The number of anilines is 2. The Morgan fingerprint density at radius 3 is 2.56 bits per heavy atom. The monoisotopic (exact) mass is 436 g/mol. The molecule has 3 aromatic rings. The molecule has 0 unspecified atom stereocenters. The van der Waals surface area contributed by atoms with Crippen molar-refractivity contribution >= 4 is 17.5 Å². The van der Waals surface area contributed by atoms with E-state index in [1.165, 1.54) is 12.1 Å². The van der Waals surface area contributed by atoms with Gasteiger partial charge in [0, 0.05) is 64.6 Å². The lowest BCUT2D eigenvalue weighted by Crippen LogP contribution is -2.46. The minimum atomic E-state index is -0.203. The number of aliphatic imine (C=N–C) groups is 1. The molecule has 1 aliphatic heterocycles. The van der Waals surface area contributed by atoms with Crippen molar-refractivity contribution in [3.8, 4) is 0 Å². The Balaban J connectivity index is 1.26. The van der Waals surface area contributed by atoms with E-state index in [9.17, 15) is 4.39 Å². The minimum absolute atomic E-state index is 0.203. The lowest BCUT2D eigenvalue weighted by atomic mass is 10.2. The average Bonchev–Trinajstić information content (AvgIpc) is 3.36. The molecule has 32 heavy (non-hydrogen) atoms. The molecule has 1 aliphatic rings. The molecule has 1 saturated heterocycles. The van der Waals surface area contributed by atoms with E-state index in [0.29, 0.717) is 6.54 Å². The van der Waals surface area contributed by atoms with E-state index in [1.54, 1.807) is 13.3 Å². The van der Waals surface area contributed by atoms with Gasteiger partial charge >= 0.3 is 0 Å². The van der Waals surface area contributed by atoms with Gasteiger partial charge in [-0.1, -0.05) is 0 Å². The molecule has 0 amide bonds. The fourth-order valence-corrected chi connectivity index (χ4v) is 3.75. The Bertz CT molecular complexity index is 998. The number of hydrogen-bond donors (Lipinski definition) is 2. The number of nitrogens with zero attached hydrogens (tertiary/aromatic N) is 4. The fraction of sp³-hybridized carbons (Fsp3) is 0.333. The van der Waals surface area contributed by atoms with Crippen LogP contribution in [0.2, 0.25) is 0 Å². The van der Waals surface area contributed by atoms with Gasteiger partial charge in [-0.15, -0.1) is 0 Å². The van der Waals surface area contributed by atoms with E-state index in [0.717, 1.165) is 67.9 Å². The molecule has 3 heterocycles. The summed E-state index contributed by atoms with van der Waals surface area (Å²) in [6.07, 6.45) is 4.34. The number of guanidine groups is 1. The number of halogens is 1. The number of aromatic nitrogens is 1. The molecule has 2 aromatic heterocycles. The summed E-state index contributed by atoms with van der Waals surface area (Å²) >= 11 is 0. The summed E-state index contributed by atoms with van der Waals surface area (Å²) in [4.78, 5) is 13.4. The molecule has 2 N–H and O–H groups in total. The highest BCUT2D eigenvalue weighted by Crippen LogP contribution is 2.20. The first kappa shape index (κ1) is 21.7. The molecule has 0 aliphatic carbocycles. The number of furan rings is 1. The van der Waals surface area contributed by atoms with Crippen molar-refractivity contribution in [1.82, 2.24) is 15.6 Å². The largest absolute Gasteiger partial charge is 0.469 e. The lowest BCUT2D eigenvalue weighted by Gasteiger charge is -2.36. The second-order valence-electron chi connectivity index (χ2n) is 7.65. The number of hydrogen-bond acceptors (Lipinski definition) is 5. The number of nitrogens with one attached hydrogen (secondary N) is 2. The van der Waals surface area contributed by atoms with E-state index in [4.69, 9.17) is 4.42 Å². The summed E-state index contributed by atoms with van der Waals surface area (Å²) in [6.45, 7) is 4.90. The Kier molecular flexibility index (Phi) is 7.22. The van der Waals surface area contributed by atoms with Gasteiger partial charge in [0.25, 0.3) is 0 Å². The van der Waals surface area contributed by atoms with Crippen LogP contribution in [-0.4, -0.2) is 50.7 Å². The summed E-state index contributed by atoms with van der Waals surface area (Å²) in [7, 11) is 1.76. The van der Waals surface area contributed by atoms with E-state index in [-0.39, 0.29) is 5.82 Å². The molecule has 0 atom stereocenters. The van der Waals surface area contributed by atoms with Crippen LogP contribution in [0.4, 0.5) is 15.9 Å². The molecular weight excluding hydrogens is 407 g/mol. The summed E-state index contributed by atoms with van der Waals surface area (Å²) in [5.41, 5.74) is 2.20. The van der Waals surface area contributed by atoms with E-state index in [1.807, 2.05) is 36.5 Å². The van der Waals surface area contributed by atoms with Crippen molar-refractivity contribution in [2.24, 2.45) is 4.99 Å². The smallest absolute Gasteiger partial charge is 0.191 e. The van der Waals surface area contributed by atoms with E-state index >= 15 is 0 Å². The predicted octanol–water partition coefficient (Wildman–Crippen LogP) is 3.05. The topological polar surface area (TPSA) is 68.9 Å². The van der Waals surface area contributed by atoms with E-state index < -0.39 is 0 Å². The van der Waals surface area contributed by atoms with Gasteiger partial charge in [-0.2, -0.15) is 0 Å². The van der Waals surface area contributed by atoms with Gasteiger partial charge < -0.3 is 24.9 Å². The van der Waals surface area contributed by atoms with Crippen LogP contribution in [0, 0.1) is 5.82 Å². The Labute approximate surface area is 188 Å². The van der Waals surface area contributed by atoms with E-state index in [2.05, 4.69) is 36.5 Å². The summed E-state index contributed by atoms with van der Waals surface area (Å²) < 4.78 is 18.5. The second kappa shape index (κ2) is 10.7. The van der Waals surface area contributed by atoms with Crippen LogP contribution in [-0.2, 0) is 13.0 Å². The highest BCUT2D eigenvalue weighted by molar-refractivity contribution is 5.79. The van der Waals surface area contributed by atoms with Crippen molar-refractivity contribution in [1.29, 1.82) is 0 Å². The molecule has 0 radical (unpaired) electrons.